The van der Waals surface area contributed by atoms with Crippen LogP contribution in [0.4, 0.5) is 0 Å². The molecule has 4 heteroatoms. The molecule has 0 amide bonds. The summed E-state index contributed by atoms with van der Waals surface area (Å²) >= 11 is 0. The maximum atomic E-state index is 5.40. The van der Waals surface area contributed by atoms with E-state index in [9.17, 15) is 0 Å². The standard InChI is InChI=1S/C16H21N3O/c1-12-3-5-14(6-4-12)16-17-15(20-18-16)11-19-9-7-13(2)8-10-19/h3-6,13H,7-11H2,1-2H3/p+1. The fourth-order valence-electron chi connectivity index (χ4n) is 2.71. The lowest BCUT2D eigenvalue weighted by Gasteiger charge is -2.25. The molecule has 1 aliphatic heterocycles. The fraction of sp³-hybridized carbons (Fsp3) is 0.500. The molecule has 3 rings (SSSR count). The molecule has 4 nitrogen and oxygen atoms in total. The first-order valence-corrected chi connectivity index (χ1v) is 7.44. The minimum absolute atomic E-state index is 0.699. The van der Waals surface area contributed by atoms with Crippen molar-refractivity contribution in [3.8, 4) is 11.4 Å². The molecule has 1 fully saturated rings. The molecule has 20 heavy (non-hydrogen) atoms. The van der Waals surface area contributed by atoms with E-state index in [0.717, 1.165) is 23.9 Å². The molecular formula is C16H22N3O+. The summed E-state index contributed by atoms with van der Waals surface area (Å²) in [5, 5.41) is 4.10. The minimum atomic E-state index is 0.699. The number of likely N-dealkylation sites (tertiary alicyclic amines) is 1. The highest BCUT2D eigenvalue weighted by Crippen LogP contribution is 2.16. The Morgan fingerprint density at radius 3 is 2.60 bits per heavy atom. The van der Waals surface area contributed by atoms with Crippen molar-refractivity contribution in [1.82, 2.24) is 10.1 Å². The van der Waals surface area contributed by atoms with Crippen LogP contribution in [0.3, 0.4) is 0 Å². The number of aryl methyl sites for hydroxylation is 1. The van der Waals surface area contributed by atoms with Crippen molar-refractivity contribution in [3.05, 3.63) is 35.7 Å². The Morgan fingerprint density at radius 2 is 1.90 bits per heavy atom. The van der Waals surface area contributed by atoms with Gasteiger partial charge < -0.3 is 9.42 Å². The topological polar surface area (TPSA) is 43.4 Å². The summed E-state index contributed by atoms with van der Waals surface area (Å²) < 4.78 is 5.40. The summed E-state index contributed by atoms with van der Waals surface area (Å²) in [6, 6.07) is 8.23. The number of hydrogen-bond acceptors (Lipinski definition) is 3. The molecule has 1 aromatic carbocycles. The summed E-state index contributed by atoms with van der Waals surface area (Å²) in [6.07, 6.45) is 2.60. The van der Waals surface area contributed by atoms with E-state index in [0.29, 0.717) is 5.82 Å². The molecule has 1 N–H and O–H groups in total. The number of rotatable bonds is 3. The van der Waals surface area contributed by atoms with Crippen LogP contribution >= 0.6 is 0 Å². The van der Waals surface area contributed by atoms with Crippen LogP contribution in [0.1, 0.15) is 31.2 Å². The number of aromatic nitrogens is 2. The molecule has 0 saturated carbocycles. The molecule has 2 heterocycles. The van der Waals surface area contributed by atoms with Gasteiger partial charge in [0.1, 0.15) is 0 Å². The SMILES string of the molecule is Cc1ccc(-c2noc(C[NH+]3CCC(C)CC3)n2)cc1. The van der Waals surface area contributed by atoms with E-state index in [1.165, 1.54) is 31.5 Å². The lowest BCUT2D eigenvalue weighted by atomic mass is 9.99. The Kier molecular flexibility index (Phi) is 3.83. The highest BCUT2D eigenvalue weighted by molar-refractivity contribution is 5.54. The van der Waals surface area contributed by atoms with Crippen LogP contribution < -0.4 is 4.90 Å². The average Bonchev–Trinajstić information content (AvgIpc) is 2.91. The van der Waals surface area contributed by atoms with Crippen LogP contribution in [0.25, 0.3) is 11.4 Å². The van der Waals surface area contributed by atoms with E-state index in [-0.39, 0.29) is 0 Å². The van der Waals surface area contributed by atoms with Gasteiger partial charge in [0, 0.05) is 5.56 Å². The molecule has 106 valence electrons. The molecule has 0 bridgehead atoms. The van der Waals surface area contributed by atoms with Gasteiger partial charge in [0.15, 0.2) is 6.54 Å². The van der Waals surface area contributed by atoms with Crippen molar-refractivity contribution in [2.75, 3.05) is 13.1 Å². The number of piperidine rings is 1. The first kappa shape index (κ1) is 13.3. The van der Waals surface area contributed by atoms with Gasteiger partial charge in [0.05, 0.1) is 13.1 Å². The first-order valence-electron chi connectivity index (χ1n) is 7.44. The molecule has 0 unspecified atom stereocenters. The first-order chi connectivity index (χ1) is 9.70. The zero-order valence-electron chi connectivity index (χ0n) is 12.2. The second-order valence-corrected chi connectivity index (χ2v) is 5.99. The van der Waals surface area contributed by atoms with Crippen molar-refractivity contribution in [2.45, 2.75) is 33.2 Å². The van der Waals surface area contributed by atoms with Crippen molar-refractivity contribution in [2.24, 2.45) is 5.92 Å². The van der Waals surface area contributed by atoms with Crippen LogP contribution in [0.15, 0.2) is 28.8 Å². The Bertz CT molecular complexity index is 553. The van der Waals surface area contributed by atoms with E-state index < -0.39 is 0 Å². The lowest BCUT2D eigenvalue weighted by molar-refractivity contribution is -0.921. The van der Waals surface area contributed by atoms with Crippen molar-refractivity contribution >= 4 is 0 Å². The van der Waals surface area contributed by atoms with Gasteiger partial charge in [-0.05, 0) is 25.7 Å². The normalized spacial score (nSPS) is 22.9. The quantitative estimate of drug-likeness (QED) is 0.927. The number of nitrogens with one attached hydrogen (secondary N) is 1. The fourth-order valence-corrected chi connectivity index (χ4v) is 2.71. The van der Waals surface area contributed by atoms with Crippen LogP contribution in [-0.2, 0) is 6.54 Å². The zero-order valence-corrected chi connectivity index (χ0v) is 12.2. The predicted octanol–water partition coefficient (Wildman–Crippen LogP) is 1.86. The van der Waals surface area contributed by atoms with E-state index in [1.807, 2.05) is 12.1 Å². The second-order valence-electron chi connectivity index (χ2n) is 5.99. The largest absolute Gasteiger partial charge is 0.333 e. The summed E-state index contributed by atoms with van der Waals surface area (Å²) in [6.45, 7) is 7.68. The van der Waals surface area contributed by atoms with Gasteiger partial charge in [0.2, 0.25) is 5.82 Å². The van der Waals surface area contributed by atoms with Crippen LogP contribution in [-0.4, -0.2) is 23.2 Å². The van der Waals surface area contributed by atoms with E-state index in [2.05, 4.69) is 36.1 Å². The molecule has 0 aliphatic carbocycles. The van der Waals surface area contributed by atoms with E-state index >= 15 is 0 Å². The van der Waals surface area contributed by atoms with Gasteiger partial charge in [0.25, 0.3) is 5.89 Å². The van der Waals surface area contributed by atoms with Gasteiger partial charge in [-0.2, -0.15) is 4.98 Å². The lowest BCUT2D eigenvalue weighted by Crippen LogP contribution is -3.11. The molecule has 2 aromatic rings. The Balaban J connectivity index is 1.66. The van der Waals surface area contributed by atoms with E-state index in [1.54, 1.807) is 4.90 Å². The average molecular weight is 272 g/mol. The molecule has 1 saturated heterocycles. The third-order valence-corrected chi connectivity index (χ3v) is 4.16. The van der Waals surface area contributed by atoms with Crippen molar-refractivity contribution < 1.29 is 9.42 Å². The van der Waals surface area contributed by atoms with Gasteiger partial charge in [-0.3, -0.25) is 0 Å². The number of hydrogen-bond donors (Lipinski definition) is 1. The predicted molar refractivity (Wildman–Crippen MR) is 77.3 cm³/mol. The van der Waals surface area contributed by atoms with Crippen molar-refractivity contribution in [1.29, 1.82) is 0 Å². The molecule has 0 radical (unpaired) electrons. The summed E-state index contributed by atoms with van der Waals surface area (Å²) in [5.74, 6) is 2.32. The molecule has 1 aliphatic rings. The Hall–Kier alpha value is -1.68. The maximum Gasteiger partial charge on any atom is 0.282 e. The summed E-state index contributed by atoms with van der Waals surface area (Å²) in [7, 11) is 0. The molecule has 0 atom stereocenters. The van der Waals surface area contributed by atoms with Crippen LogP contribution in [0.5, 0.6) is 0 Å². The number of benzene rings is 1. The highest BCUT2D eigenvalue weighted by Gasteiger charge is 2.21. The minimum Gasteiger partial charge on any atom is -0.333 e. The maximum absolute atomic E-state index is 5.40. The smallest absolute Gasteiger partial charge is 0.282 e. The molecular weight excluding hydrogens is 250 g/mol. The van der Waals surface area contributed by atoms with Crippen LogP contribution in [0.2, 0.25) is 0 Å². The van der Waals surface area contributed by atoms with Gasteiger partial charge in [-0.1, -0.05) is 41.9 Å². The third kappa shape index (κ3) is 3.07. The van der Waals surface area contributed by atoms with Gasteiger partial charge in [-0.15, -0.1) is 0 Å². The summed E-state index contributed by atoms with van der Waals surface area (Å²) in [4.78, 5) is 6.08. The van der Waals surface area contributed by atoms with E-state index in [4.69, 9.17) is 4.52 Å². The van der Waals surface area contributed by atoms with Crippen molar-refractivity contribution in [3.63, 3.8) is 0 Å². The van der Waals surface area contributed by atoms with Crippen LogP contribution in [0, 0.1) is 12.8 Å². The molecule has 0 spiro atoms. The van der Waals surface area contributed by atoms with Gasteiger partial charge in [-0.25, -0.2) is 0 Å². The monoisotopic (exact) mass is 272 g/mol. The number of quaternary nitrogens is 1. The van der Waals surface area contributed by atoms with Gasteiger partial charge >= 0.3 is 0 Å². The highest BCUT2D eigenvalue weighted by atomic mass is 16.5. The Labute approximate surface area is 119 Å². The third-order valence-electron chi connectivity index (χ3n) is 4.16. The number of nitrogens with zero attached hydrogens (tertiary/aromatic N) is 2. The Morgan fingerprint density at radius 1 is 1.20 bits per heavy atom. The molecule has 1 aromatic heterocycles. The second kappa shape index (κ2) is 5.75. The summed E-state index contributed by atoms with van der Waals surface area (Å²) in [5.41, 5.74) is 2.26. The zero-order chi connectivity index (χ0) is 13.9.